The van der Waals surface area contributed by atoms with Crippen molar-refractivity contribution in [1.82, 2.24) is 49.7 Å². The van der Waals surface area contributed by atoms with E-state index in [9.17, 15) is 4.79 Å². The van der Waals surface area contributed by atoms with Crippen LogP contribution in [0.15, 0.2) is 122 Å². The van der Waals surface area contributed by atoms with Crippen molar-refractivity contribution in [2.45, 2.75) is 44.2 Å². The maximum Gasteiger partial charge on any atom is 0.226 e. The van der Waals surface area contributed by atoms with E-state index in [0.29, 0.717) is 52.8 Å². The molecule has 0 saturated carbocycles. The number of hydrogen-bond donors (Lipinski definition) is 3. The number of nitrogen functional groups attached to an aromatic ring is 1. The van der Waals surface area contributed by atoms with Gasteiger partial charge >= 0.3 is 0 Å². The molecule has 8 aromatic rings. The number of rotatable bonds is 12. The number of carbonyl (C=O) groups is 1. The van der Waals surface area contributed by atoms with Gasteiger partial charge < -0.3 is 30.7 Å². The standard InChI is InChI=1S/C47H46N12O3/c48-44-40-42(31-15-19-37(20-16-31)61-35-11-3-1-4-12-35)55-59(46(40)52-29-50-44)34-10-8-25-57(28-34)26-23-39(60)54-45-41-43(32-17-21-38(22-18-32)62-36-13-5-2-6-14-36)56-58(47(41)53-30-51-45)33-9-7-24-49-27-33/h1-6,11-22,29-30,33-34,49H,7-10,23-28H2,(H2,48,50,52)(H,51,53,54,60). The van der Waals surface area contributed by atoms with Crippen molar-refractivity contribution >= 4 is 39.6 Å². The third kappa shape index (κ3) is 8.15. The number of ether oxygens (including phenoxy) is 2. The molecule has 2 atom stereocenters. The summed E-state index contributed by atoms with van der Waals surface area (Å²) in [4.78, 5) is 34.4. The van der Waals surface area contributed by atoms with Gasteiger partial charge in [-0.25, -0.2) is 29.3 Å². The summed E-state index contributed by atoms with van der Waals surface area (Å²) >= 11 is 0. The van der Waals surface area contributed by atoms with Crippen molar-refractivity contribution in [2.75, 3.05) is 43.8 Å². The second kappa shape index (κ2) is 17.4. The van der Waals surface area contributed by atoms with E-state index in [0.717, 1.165) is 84.8 Å². The molecular formula is C47H46N12O3. The average molecular weight is 827 g/mol. The number of nitrogens with zero attached hydrogens (tertiary/aromatic N) is 9. The molecule has 1 amide bonds. The summed E-state index contributed by atoms with van der Waals surface area (Å²) in [6.45, 7) is 3.89. The van der Waals surface area contributed by atoms with E-state index in [-0.39, 0.29) is 24.4 Å². The van der Waals surface area contributed by atoms with Gasteiger partial charge in [-0.15, -0.1) is 0 Å². The lowest BCUT2D eigenvalue weighted by Crippen LogP contribution is -2.38. The normalized spacial score (nSPS) is 17.0. The number of fused-ring (bicyclic) bond motifs is 2. The minimum atomic E-state index is -0.135. The highest BCUT2D eigenvalue weighted by Gasteiger charge is 2.28. The largest absolute Gasteiger partial charge is 0.457 e. The van der Waals surface area contributed by atoms with E-state index in [2.05, 4.69) is 30.5 Å². The number of nitrogens with two attached hydrogens (primary N) is 1. The Morgan fingerprint density at radius 2 is 1.24 bits per heavy atom. The molecule has 4 N–H and O–H groups in total. The Hall–Kier alpha value is -7.23. The molecule has 4 aromatic heterocycles. The van der Waals surface area contributed by atoms with E-state index in [4.69, 9.17) is 30.4 Å². The smallest absolute Gasteiger partial charge is 0.226 e. The Labute approximate surface area is 357 Å². The zero-order valence-corrected chi connectivity index (χ0v) is 34.1. The number of piperidine rings is 2. The van der Waals surface area contributed by atoms with Crippen molar-refractivity contribution in [3.63, 3.8) is 0 Å². The lowest BCUT2D eigenvalue weighted by Gasteiger charge is -2.32. The molecule has 2 fully saturated rings. The van der Waals surface area contributed by atoms with Crippen LogP contribution in [0, 0.1) is 0 Å². The van der Waals surface area contributed by atoms with Crippen LogP contribution in [0.4, 0.5) is 11.6 Å². The van der Waals surface area contributed by atoms with Crippen LogP contribution < -0.4 is 25.8 Å². The number of carbonyl (C=O) groups excluding carboxylic acids is 1. The molecule has 0 spiro atoms. The number of likely N-dealkylation sites (tertiary alicyclic amines) is 1. The number of anilines is 2. The maximum atomic E-state index is 13.8. The first-order chi connectivity index (χ1) is 30.5. The van der Waals surface area contributed by atoms with Gasteiger partial charge in [-0.1, -0.05) is 36.4 Å². The molecule has 2 saturated heterocycles. The molecular weight excluding hydrogens is 781 g/mol. The van der Waals surface area contributed by atoms with Crippen LogP contribution >= 0.6 is 0 Å². The van der Waals surface area contributed by atoms with Crippen molar-refractivity contribution in [2.24, 2.45) is 0 Å². The van der Waals surface area contributed by atoms with E-state index in [1.54, 1.807) is 0 Å². The van der Waals surface area contributed by atoms with Crippen LogP contribution in [0.5, 0.6) is 23.0 Å². The second-order valence-electron chi connectivity index (χ2n) is 15.7. The van der Waals surface area contributed by atoms with Crippen molar-refractivity contribution in [1.29, 1.82) is 0 Å². The van der Waals surface area contributed by atoms with Gasteiger partial charge in [0.05, 0.1) is 22.9 Å². The molecule has 2 unspecified atom stereocenters. The Morgan fingerprint density at radius 3 is 1.87 bits per heavy atom. The van der Waals surface area contributed by atoms with E-state index in [1.807, 2.05) is 119 Å². The topological polar surface area (TPSA) is 176 Å². The van der Waals surface area contributed by atoms with Gasteiger partial charge in [0.25, 0.3) is 0 Å². The third-order valence-corrected chi connectivity index (χ3v) is 11.6. The van der Waals surface area contributed by atoms with Gasteiger partial charge in [0, 0.05) is 37.2 Å². The highest BCUT2D eigenvalue weighted by molar-refractivity contribution is 6.04. The van der Waals surface area contributed by atoms with Crippen molar-refractivity contribution in [3.8, 4) is 45.5 Å². The number of para-hydroxylation sites is 2. The molecule has 2 aliphatic rings. The Morgan fingerprint density at radius 1 is 0.677 bits per heavy atom. The molecule has 62 heavy (non-hydrogen) atoms. The first-order valence-corrected chi connectivity index (χ1v) is 21.2. The summed E-state index contributed by atoms with van der Waals surface area (Å²) in [5.41, 5.74) is 11.0. The zero-order valence-electron chi connectivity index (χ0n) is 34.1. The first kappa shape index (κ1) is 38.9. The van der Waals surface area contributed by atoms with Crippen LogP contribution in [-0.2, 0) is 4.79 Å². The van der Waals surface area contributed by atoms with Gasteiger partial charge in [0.15, 0.2) is 11.3 Å². The lowest BCUT2D eigenvalue weighted by atomic mass is 10.1. The SMILES string of the molecule is Nc1ncnc2c1c(-c1ccc(Oc3ccccc3)cc1)nn2C1CCCN(CCC(=O)Nc2ncnc3c2c(-c2ccc(Oc4ccccc4)cc2)nn3C2CCCNC2)C1. The maximum absolute atomic E-state index is 13.8. The summed E-state index contributed by atoms with van der Waals surface area (Å²) in [5, 5.41) is 18.3. The lowest BCUT2D eigenvalue weighted by molar-refractivity contribution is -0.116. The Kier molecular flexibility index (Phi) is 10.9. The molecule has 6 heterocycles. The van der Waals surface area contributed by atoms with Crippen LogP contribution in [-0.4, -0.2) is 83.0 Å². The van der Waals surface area contributed by atoms with E-state index in [1.165, 1.54) is 12.7 Å². The van der Waals surface area contributed by atoms with E-state index < -0.39 is 0 Å². The fraction of sp³-hybridized carbons (Fsp3) is 0.255. The van der Waals surface area contributed by atoms with Crippen LogP contribution in [0.2, 0.25) is 0 Å². The molecule has 0 radical (unpaired) electrons. The number of hydrogen-bond acceptors (Lipinski definition) is 12. The quantitative estimate of drug-likeness (QED) is 0.108. The predicted molar refractivity (Wildman–Crippen MR) is 238 cm³/mol. The minimum absolute atomic E-state index is 0.0201. The van der Waals surface area contributed by atoms with Gasteiger partial charge in [-0.3, -0.25) is 4.79 Å². The number of benzene rings is 4. The summed E-state index contributed by atoms with van der Waals surface area (Å²) in [6.07, 6.45) is 7.14. The first-order valence-electron chi connectivity index (χ1n) is 21.2. The fourth-order valence-electron chi connectivity index (χ4n) is 8.52. The van der Waals surface area contributed by atoms with Gasteiger partial charge in [-0.05, 0) is 112 Å². The van der Waals surface area contributed by atoms with E-state index >= 15 is 0 Å². The monoisotopic (exact) mass is 826 g/mol. The van der Waals surface area contributed by atoms with Gasteiger partial charge in [0.2, 0.25) is 5.91 Å². The molecule has 15 heteroatoms. The van der Waals surface area contributed by atoms with Crippen LogP contribution in [0.3, 0.4) is 0 Å². The highest BCUT2D eigenvalue weighted by Crippen LogP contribution is 2.37. The fourth-order valence-corrected chi connectivity index (χ4v) is 8.52. The van der Waals surface area contributed by atoms with Crippen molar-refractivity contribution < 1.29 is 14.3 Å². The highest BCUT2D eigenvalue weighted by atomic mass is 16.5. The third-order valence-electron chi connectivity index (χ3n) is 11.6. The molecule has 0 aliphatic carbocycles. The van der Waals surface area contributed by atoms with Crippen LogP contribution in [0.25, 0.3) is 44.6 Å². The van der Waals surface area contributed by atoms with Crippen molar-refractivity contribution in [3.05, 3.63) is 122 Å². The van der Waals surface area contributed by atoms with Crippen LogP contribution in [0.1, 0.15) is 44.2 Å². The Balaban J connectivity index is 0.856. The molecule has 2 aliphatic heterocycles. The molecule has 15 nitrogen and oxygen atoms in total. The molecule has 0 bridgehead atoms. The summed E-state index contributed by atoms with van der Waals surface area (Å²) < 4.78 is 16.1. The summed E-state index contributed by atoms with van der Waals surface area (Å²) in [7, 11) is 0. The number of amides is 1. The second-order valence-corrected chi connectivity index (χ2v) is 15.7. The molecule has 4 aromatic carbocycles. The minimum Gasteiger partial charge on any atom is -0.457 e. The molecule has 312 valence electrons. The Bertz CT molecular complexity index is 2810. The summed E-state index contributed by atoms with van der Waals surface area (Å²) in [5.74, 6) is 3.64. The number of nitrogens with one attached hydrogen (secondary N) is 2. The predicted octanol–water partition coefficient (Wildman–Crippen LogP) is 8.06. The average Bonchev–Trinajstić information content (AvgIpc) is 3.91. The van der Waals surface area contributed by atoms with Gasteiger partial charge in [-0.2, -0.15) is 10.2 Å². The summed E-state index contributed by atoms with van der Waals surface area (Å²) in [6, 6.07) is 35.1. The zero-order chi connectivity index (χ0) is 41.8. The molecule has 10 rings (SSSR count). The number of aromatic nitrogens is 8. The van der Waals surface area contributed by atoms with Gasteiger partial charge in [0.1, 0.15) is 58.7 Å².